The van der Waals surface area contributed by atoms with E-state index in [9.17, 15) is 4.39 Å². The van der Waals surface area contributed by atoms with Crippen molar-refractivity contribution >= 4 is 17.6 Å². The van der Waals surface area contributed by atoms with Crippen molar-refractivity contribution in [3.63, 3.8) is 0 Å². The number of hydrogen-bond acceptors (Lipinski definition) is 5. The first-order valence-electron chi connectivity index (χ1n) is 4.50. The monoisotopic (exact) mass is 236 g/mol. The van der Waals surface area contributed by atoms with E-state index in [0.717, 1.165) is 4.90 Å². The number of nitrogens with zero attached hydrogens (tertiary/aromatic N) is 2. The minimum atomic E-state index is -0.267. The van der Waals surface area contributed by atoms with Crippen LogP contribution in [-0.2, 0) is 0 Å². The van der Waals surface area contributed by atoms with Gasteiger partial charge in [-0.15, -0.1) is 0 Å². The summed E-state index contributed by atoms with van der Waals surface area (Å²) < 4.78 is 12.9. The highest BCUT2D eigenvalue weighted by molar-refractivity contribution is 7.99. The van der Waals surface area contributed by atoms with E-state index in [1.807, 2.05) is 6.07 Å². The predicted molar refractivity (Wildman–Crippen MR) is 60.4 cm³/mol. The zero-order chi connectivity index (χ0) is 11.4. The molecule has 0 bridgehead atoms. The quantitative estimate of drug-likeness (QED) is 0.485. The van der Waals surface area contributed by atoms with E-state index in [2.05, 4.69) is 15.4 Å². The van der Waals surface area contributed by atoms with Gasteiger partial charge in [-0.3, -0.25) is 0 Å². The van der Waals surface area contributed by atoms with E-state index < -0.39 is 0 Å². The SMILES string of the molecule is NNc1cc(Sc2cccc(F)c2)ncn1. The fourth-order valence-electron chi connectivity index (χ4n) is 1.13. The van der Waals surface area contributed by atoms with Crippen molar-refractivity contribution in [3.8, 4) is 0 Å². The summed E-state index contributed by atoms with van der Waals surface area (Å²) in [5, 5.41) is 0.702. The normalized spacial score (nSPS) is 10.1. The number of nitrogens with one attached hydrogen (secondary N) is 1. The molecular formula is C10H9FN4S. The molecule has 2 aromatic rings. The fourth-order valence-corrected chi connectivity index (χ4v) is 1.96. The third kappa shape index (κ3) is 2.68. The number of rotatable bonds is 3. The molecule has 2 rings (SSSR count). The Kier molecular flexibility index (Phi) is 3.33. The third-order valence-corrected chi connectivity index (χ3v) is 2.73. The predicted octanol–water partition coefficient (Wildman–Crippen LogP) is 2.05. The van der Waals surface area contributed by atoms with E-state index in [-0.39, 0.29) is 5.82 Å². The van der Waals surface area contributed by atoms with Crippen molar-refractivity contribution in [1.29, 1.82) is 0 Å². The van der Waals surface area contributed by atoms with E-state index in [4.69, 9.17) is 5.84 Å². The number of aromatic nitrogens is 2. The average molecular weight is 236 g/mol. The van der Waals surface area contributed by atoms with Gasteiger partial charge in [-0.25, -0.2) is 20.2 Å². The van der Waals surface area contributed by atoms with Crippen molar-refractivity contribution in [2.75, 3.05) is 5.43 Å². The van der Waals surface area contributed by atoms with Crippen LogP contribution in [0, 0.1) is 5.82 Å². The zero-order valence-corrected chi connectivity index (χ0v) is 9.04. The first-order chi connectivity index (χ1) is 7.78. The lowest BCUT2D eigenvalue weighted by Gasteiger charge is -2.02. The van der Waals surface area contributed by atoms with Gasteiger partial charge in [0.05, 0.1) is 0 Å². The Hall–Kier alpha value is -1.66. The summed E-state index contributed by atoms with van der Waals surface area (Å²) >= 11 is 1.34. The highest BCUT2D eigenvalue weighted by Gasteiger charge is 2.01. The minimum absolute atomic E-state index is 0.267. The van der Waals surface area contributed by atoms with Gasteiger partial charge in [-0.05, 0) is 18.2 Å². The van der Waals surface area contributed by atoms with Gasteiger partial charge in [0.1, 0.15) is 23.0 Å². The summed E-state index contributed by atoms with van der Waals surface area (Å²) in [7, 11) is 0. The Labute approximate surface area is 96.1 Å². The molecule has 0 saturated carbocycles. The second-order valence-corrected chi connectivity index (χ2v) is 4.04. The summed E-state index contributed by atoms with van der Waals surface area (Å²) in [4.78, 5) is 8.71. The van der Waals surface area contributed by atoms with E-state index >= 15 is 0 Å². The molecule has 6 heteroatoms. The molecular weight excluding hydrogens is 227 g/mol. The van der Waals surface area contributed by atoms with Crippen LogP contribution in [0.2, 0.25) is 0 Å². The maximum absolute atomic E-state index is 12.9. The van der Waals surface area contributed by atoms with Crippen LogP contribution >= 0.6 is 11.8 Å². The highest BCUT2D eigenvalue weighted by atomic mass is 32.2. The van der Waals surface area contributed by atoms with Crippen molar-refractivity contribution in [2.45, 2.75) is 9.92 Å². The van der Waals surface area contributed by atoms with Crippen molar-refractivity contribution in [1.82, 2.24) is 9.97 Å². The van der Waals surface area contributed by atoms with Crippen LogP contribution in [0.3, 0.4) is 0 Å². The first kappa shape index (κ1) is 10.8. The van der Waals surface area contributed by atoms with Crippen LogP contribution in [-0.4, -0.2) is 9.97 Å². The molecule has 0 spiro atoms. The van der Waals surface area contributed by atoms with Crippen LogP contribution in [0.25, 0.3) is 0 Å². The van der Waals surface area contributed by atoms with Crippen LogP contribution in [0.1, 0.15) is 0 Å². The number of nitrogen functional groups attached to an aromatic ring is 1. The Morgan fingerprint density at radius 1 is 1.25 bits per heavy atom. The van der Waals surface area contributed by atoms with Crippen LogP contribution in [0.15, 0.2) is 46.6 Å². The molecule has 0 aliphatic carbocycles. The van der Waals surface area contributed by atoms with Crippen LogP contribution < -0.4 is 11.3 Å². The molecule has 1 aromatic heterocycles. The standard InChI is InChI=1S/C10H9FN4S/c11-7-2-1-3-8(4-7)16-10-5-9(15-12)13-6-14-10/h1-6H,12H2,(H,13,14,15). The molecule has 0 aliphatic rings. The van der Waals surface area contributed by atoms with E-state index in [1.165, 1.54) is 30.2 Å². The molecule has 0 atom stereocenters. The number of hydrogen-bond donors (Lipinski definition) is 2. The second-order valence-electron chi connectivity index (χ2n) is 2.95. The maximum atomic E-state index is 12.9. The van der Waals surface area contributed by atoms with E-state index in [1.54, 1.807) is 12.1 Å². The van der Waals surface area contributed by atoms with Gasteiger partial charge >= 0.3 is 0 Å². The number of halogens is 1. The van der Waals surface area contributed by atoms with Gasteiger partial charge in [0.25, 0.3) is 0 Å². The number of nitrogens with two attached hydrogens (primary N) is 1. The summed E-state index contributed by atoms with van der Waals surface area (Å²) in [5.41, 5.74) is 2.43. The second kappa shape index (κ2) is 4.91. The van der Waals surface area contributed by atoms with Crippen molar-refractivity contribution in [3.05, 3.63) is 42.5 Å². The van der Waals surface area contributed by atoms with Crippen LogP contribution in [0.5, 0.6) is 0 Å². The van der Waals surface area contributed by atoms with Gasteiger partial charge < -0.3 is 5.43 Å². The van der Waals surface area contributed by atoms with Crippen LogP contribution in [0.4, 0.5) is 10.2 Å². The summed E-state index contributed by atoms with van der Waals surface area (Å²) in [6, 6.07) is 8.00. The lowest BCUT2D eigenvalue weighted by atomic mass is 10.4. The van der Waals surface area contributed by atoms with Gasteiger partial charge in [0.15, 0.2) is 0 Å². The largest absolute Gasteiger partial charge is 0.308 e. The summed E-state index contributed by atoms with van der Waals surface area (Å²) in [5.74, 6) is 5.48. The van der Waals surface area contributed by atoms with Gasteiger partial charge in [0, 0.05) is 11.0 Å². The molecule has 0 unspecified atom stereocenters. The summed E-state index contributed by atoms with van der Waals surface area (Å²) in [6.45, 7) is 0. The topological polar surface area (TPSA) is 63.8 Å². The Morgan fingerprint density at radius 2 is 2.12 bits per heavy atom. The van der Waals surface area contributed by atoms with Gasteiger partial charge in [-0.1, -0.05) is 17.8 Å². The molecule has 0 radical (unpaired) electrons. The lowest BCUT2D eigenvalue weighted by Crippen LogP contribution is -2.08. The van der Waals surface area contributed by atoms with Crippen molar-refractivity contribution in [2.24, 2.45) is 5.84 Å². The Morgan fingerprint density at radius 3 is 2.88 bits per heavy atom. The first-order valence-corrected chi connectivity index (χ1v) is 5.31. The highest BCUT2D eigenvalue weighted by Crippen LogP contribution is 2.26. The molecule has 0 amide bonds. The molecule has 4 nitrogen and oxygen atoms in total. The maximum Gasteiger partial charge on any atom is 0.144 e. The molecule has 1 heterocycles. The molecule has 0 fully saturated rings. The molecule has 16 heavy (non-hydrogen) atoms. The van der Waals surface area contributed by atoms with Crippen molar-refractivity contribution < 1.29 is 4.39 Å². The minimum Gasteiger partial charge on any atom is -0.308 e. The smallest absolute Gasteiger partial charge is 0.144 e. The number of anilines is 1. The number of benzene rings is 1. The Balaban J connectivity index is 2.20. The molecule has 82 valence electrons. The number of hydrazine groups is 1. The molecule has 1 aromatic carbocycles. The van der Waals surface area contributed by atoms with Gasteiger partial charge in [-0.2, -0.15) is 0 Å². The summed E-state index contributed by atoms with van der Waals surface area (Å²) in [6.07, 6.45) is 1.40. The zero-order valence-electron chi connectivity index (χ0n) is 8.22. The average Bonchev–Trinajstić information content (AvgIpc) is 2.29. The third-order valence-electron chi connectivity index (χ3n) is 1.81. The van der Waals surface area contributed by atoms with E-state index in [0.29, 0.717) is 10.8 Å². The fraction of sp³-hybridized carbons (Fsp3) is 0. The Bertz CT molecular complexity index is 492. The molecule has 3 N–H and O–H groups in total. The van der Waals surface area contributed by atoms with Gasteiger partial charge in [0.2, 0.25) is 0 Å². The molecule has 0 aliphatic heterocycles. The lowest BCUT2D eigenvalue weighted by molar-refractivity contribution is 0.624. The molecule has 0 saturated heterocycles.